The van der Waals surface area contributed by atoms with E-state index in [1.165, 1.54) is 7.11 Å². The van der Waals surface area contributed by atoms with Crippen molar-refractivity contribution >= 4 is 39.1 Å². The van der Waals surface area contributed by atoms with Gasteiger partial charge in [0.05, 0.1) is 24.7 Å². The fourth-order valence-corrected chi connectivity index (χ4v) is 4.57. The molecule has 8 heteroatoms. The summed E-state index contributed by atoms with van der Waals surface area (Å²) < 4.78 is 31.1. The zero-order chi connectivity index (χ0) is 20.0. The summed E-state index contributed by atoms with van der Waals surface area (Å²) in [6.45, 7) is 3.59. The molecule has 0 aliphatic heterocycles. The van der Waals surface area contributed by atoms with Gasteiger partial charge in [0.25, 0.3) is 0 Å². The van der Waals surface area contributed by atoms with Crippen LogP contribution in [0.1, 0.15) is 13.8 Å². The van der Waals surface area contributed by atoms with E-state index in [0.29, 0.717) is 17.1 Å². The van der Waals surface area contributed by atoms with Crippen molar-refractivity contribution in [2.24, 2.45) is 0 Å². The molecule has 0 saturated carbocycles. The smallest absolute Gasteiger partial charge is 0.248 e. The number of rotatable bonds is 8. The van der Waals surface area contributed by atoms with Crippen molar-refractivity contribution in [2.75, 3.05) is 28.7 Å². The maximum atomic E-state index is 12.8. The Bertz CT molecular complexity index is 900. The van der Waals surface area contributed by atoms with Gasteiger partial charge in [-0.3, -0.25) is 9.10 Å². The summed E-state index contributed by atoms with van der Waals surface area (Å²) in [6.07, 6.45) is 1.08. The molecular weight excluding hydrogens is 384 g/mol. The average molecular weight is 409 g/mol. The number of nitrogens with zero attached hydrogens (tertiary/aromatic N) is 1. The van der Waals surface area contributed by atoms with Crippen LogP contribution in [0.5, 0.6) is 5.75 Å². The normalized spacial score (nSPS) is 12.3. The Kier molecular flexibility index (Phi) is 7.15. The van der Waals surface area contributed by atoms with Gasteiger partial charge in [0.2, 0.25) is 15.9 Å². The van der Waals surface area contributed by atoms with Crippen molar-refractivity contribution < 1.29 is 17.9 Å². The number of nitrogens with one attached hydrogen (secondary N) is 1. The number of para-hydroxylation sites is 1. The molecule has 0 saturated heterocycles. The number of carbonyl (C=O) groups excluding carboxylic acids is 1. The van der Waals surface area contributed by atoms with Crippen molar-refractivity contribution in [2.45, 2.75) is 24.8 Å². The van der Waals surface area contributed by atoms with Crippen LogP contribution in [0.25, 0.3) is 0 Å². The van der Waals surface area contributed by atoms with Gasteiger partial charge in [-0.05, 0) is 36.9 Å². The molecular formula is C19H24N2O4S2. The van der Waals surface area contributed by atoms with Crippen LogP contribution < -0.4 is 14.4 Å². The van der Waals surface area contributed by atoms with E-state index in [0.717, 1.165) is 21.2 Å². The minimum Gasteiger partial charge on any atom is -0.497 e. The number of carbonyl (C=O) groups is 1. The molecule has 0 bridgehead atoms. The van der Waals surface area contributed by atoms with E-state index in [9.17, 15) is 13.2 Å². The van der Waals surface area contributed by atoms with E-state index in [4.69, 9.17) is 4.74 Å². The molecule has 0 radical (unpaired) electrons. The van der Waals surface area contributed by atoms with E-state index in [-0.39, 0.29) is 0 Å². The number of methoxy groups -OCH3 is 1. The molecule has 0 aliphatic carbocycles. The second-order valence-electron chi connectivity index (χ2n) is 5.85. The SMILES string of the molecule is CCSc1ccccc1NC(=O)C(C)N(c1cccc(OC)c1)S(C)(=O)=O. The standard InChI is InChI=1S/C19H24N2O4S2/c1-5-26-18-12-7-6-11-17(18)20-19(22)14(2)21(27(4,23)24)15-9-8-10-16(13-15)25-3/h6-14H,5H2,1-4H3,(H,20,22). The number of ether oxygens (including phenoxy) is 1. The van der Waals surface area contributed by atoms with Crippen molar-refractivity contribution in [1.82, 2.24) is 0 Å². The molecule has 0 aromatic heterocycles. The van der Waals surface area contributed by atoms with Crippen molar-refractivity contribution in [3.05, 3.63) is 48.5 Å². The van der Waals surface area contributed by atoms with Crippen LogP contribution in [-0.2, 0) is 14.8 Å². The summed E-state index contributed by atoms with van der Waals surface area (Å²) in [5, 5.41) is 2.85. The zero-order valence-electron chi connectivity index (χ0n) is 15.8. The second-order valence-corrected chi connectivity index (χ2v) is 9.02. The predicted molar refractivity (Wildman–Crippen MR) is 111 cm³/mol. The number of amides is 1. The fourth-order valence-electron chi connectivity index (χ4n) is 2.64. The highest BCUT2D eigenvalue weighted by atomic mass is 32.2. The highest BCUT2D eigenvalue weighted by Gasteiger charge is 2.29. The van der Waals surface area contributed by atoms with Gasteiger partial charge in [-0.15, -0.1) is 11.8 Å². The maximum Gasteiger partial charge on any atom is 0.248 e. The second kappa shape index (κ2) is 9.14. The molecule has 0 spiro atoms. The number of hydrogen-bond acceptors (Lipinski definition) is 5. The Morgan fingerprint density at radius 1 is 1.22 bits per heavy atom. The minimum atomic E-state index is -3.69. The lowest BCUT2D eigenvalue weighted by atomic mass is 10.2. The first kappa shape index (κ1) is 21.1. The molecule has 2 rings (SSSR count). The molecule has 1 N–H and O–H groups in total. The third-order valence-corrected chi connectivity index (χ3v) is 6.04. The van der Waals surface area contributed by atoms with Crippen LogP contribution in [0, 0.1) is 0 Å². The first-order chi connectivity index (χ1) is 12.8. The van der Waals surface area contributed by atoms with E-state index in [1.54, 1.807) is 49.0 Å². The lowest BCUT2D eigenvalue weighted by molar-refractivity contribution is -0.116. The summed E-state index contributed by atoms with van der Waals surface area (Å²) in [5.41, 5.74) is 1.04. The summed E-state index contributed by atoms with van der Waals surface area (Å²) in [5.74, 6) is 0.965. The van der Waals surface area contributed by atoms with Crippen LogP contribution in [0.2, 0.25) is 0 Å². The highest BCUT2D eigenvalue weighted by molar-refractivity contribution is 7.99. The van der Waals surface area contributed by atoms with Gasteiger partial charge in [0.15, 0.2) is 0 Å². The third-order valence-electron chi connectivity index (χ3n) is 3.84. The fraction of sp³-hybridized carbons (Fsp3) is 0.316. The predicted octanol–water partition coefficient (Wildman–Crippen LogP) is 3.60. The summed E-state index contributed by atoms with van der Waals surface area (Å²) in [4.78, 5) is 13.8. The van der Waals surface area contributed by atoms with E-state index in [1.807, 2.05) is 25.1 Å². The van der Waals surface area contributed by atoms with E-state index in [2.05, 4.69) is 5.32 Å². The number of thioether (sulfide) groups is 1. The van der Waals surface area contributed by atoms with Gasteiger partial charge in [-0.1, -0.05) is 25.1 Å². The molecule has 2 aromatic carbocycles. The lowest BCUT2D eigenvalue weighted by Crippen LogP contribution is -2.45. The summed E-state index contributed by atoms with van der Waals surface area (Å²) in [6, 6.07) is 13.1. The zero-order valence-corrected chi connectivity index (χ0v) is 17.4. The Labute approximate surface area is 165 Å². The summed E-state index contributed by atoms with van der Waals surface area (Å²) in [7, 11) is -2.19. The number of anilines is 2. The molecule has 0 aliphatic rings. The Balaban J connectivity index is 2.33. The Hall–Kier alpha value is -2.19. The van der Waals surface area contributed by atoms with Crippen molar-refractivity contribution in [1.29, 1.82) is 0 Å². The maximum absolute atomic E-state index is 12.8. The lowest BCUT2D eigenvalue weighted by Gasteiger charge is -2.28. The number of benzene rings is 2. The molecule has 27 heavy (non-hydrogen) atoms. The van der Waals surface area contributed by atoms with Crippen molar-refractivity contribution in [3.8, 4) is 5.75 Å². The Morgan fingerprint density at radius 3 is 2.56 bits per heavy atom. The van der Waals surface area contributed by atoms with Gasteiger partial charge < -0.3 is 10.1 Å². The first-order valence-corrected chi connectivity index (χ1v) is 11.3. The van der Waals surface area contributed by atoms with Crippen LogP contribution in [0.4, 0.5) is 11.4 Å². The molecule has 0 fully saturated rings. The van der Waals surface area contributed by atoms with E-state index < -0.39 is 22.0 Å². The van der Waals surface area contributed by atoms with Crippen LogP contribution >= 0.6 is 11.8 Å². The highest BCUT2D eigenvalue weighted by Crippen LogP contribution is 2.28. The molecule has 1 amide bonds. The van der Waals surface area contributed by atoms with Crippen LogP contribution in [0.15, 0.2) is 53.4 Å². The molecule has 146 valence electrons. The van der Waals surface area contributed by atoms with E-state index >= 15 is 0 Å². The first-order valence-electron chi connectivity index (χ1n) is 8.44. The monoisotopic (exact) mass is 408 g/mol. The topological polar surface area (TPSA) is 75.7 Å². The number of hydrogen-bond donors (Lipinski definition) is 1. The van der Waals surface area contributed by atoms with Crippen LogP contribution in [0.3, 0.4) is 0 Å². The molecule has 6 nitrogen and oxygen atoms in total. The van der Waals surface area contributed by atoms with Crippen LogP contribution in [-0.4, -0.2) is 39.5 Å². The third kappa shape index (κ3) is 5.40. The van der Waals surface area contributed by atoms with Gasteiger partial charge >= 0.3 is 0 Å². The average Bonchev–Trinajstić information content (AvgIpc) is 2.62. The minimum absolute atomic E-state index is 0.371. The van der Waals surface area contributed by atoms with Gasteiger partial charge in [0, 0.05) is 11.0 Å². The molecule has 2 aromatic rings. The Morgan fingerprint density at radius 2 is 1.93 bits per heavy atom. The summed E-state index contributed by atoms with van der Waals surface area (Å²) >= 11 is 1.61. The van der Waals surface area contributed by atoms with Gasteiger partial charge in [-0.2, -0.15) is 0 Å². The van der Waals surface area contributed by atoms with Gasteiger partial charge in [-0.25, -0.2) is 8.42 Å². The van der Waals surface area contributed by atoms with Crippen molar-refractivity contribution in [3.63, 3.8) is 0 Å². The molecule has 1 unspecified atom stereocenters. The molecule has 1 atom stereocenters. The largest absolute Gasteiger partial charge is 0.497 e. The number of sulfonamides is 1. The molecule has 0 heterocycles. The van der Waals surface area contributed by atoms with Gasteiger partial charge in [0.1, 0.15) is 11.8 Å². The quantitative estimate of drug-likeness (QED) is 0.676.